The fraction of sp³-hybridized carbons (Fsp3) is 0.800. The van der Waals surface area contributed by atoms with Gasteiger partial charge in [-0.2, -0.15) is 0 Å². The molecule has 31 heavy (non-hydrogen) atoms. The highest BCUT2D eigenvalue weighted by atomic mass is 16.6. The number of hydrogen-bond donors (Lipinski definition) is 3. The van der Waals surface area contributed by atoms with Gasteiger partial charge in [0.05, 0.1) is 18.4 Å². The molecule has 2 spiro atoms. The third-order valence-corrected chi connectivity index (χ3v) is 8.18. The molecule has 0 aromatic heterocycles. The number of rotatable bonds is 5. The van der Waals surface area contributed by atoms with Crippen molar-refractivity contribution in [3.05, 3.63) is 10.1 Å². The maximum Gasteiger partial charge on any atom is 0.378 e. The second kappa shape index (κ2) is 7.54. The third kappa shape index (κ3) is 3.04. The Kier molecular flexibility index (Phi) is 5.27. The Labute approximate surface area is 178 Å². The van der Waals surface area contributed by atoms with Crippen LogP contribution in [0.4, 0.5) is 0 Å². The van der Waals surface area contributed by atoms with Crippen molar-refractivity contribution in [2.45, 2.75) is 75.5 Å². The molecule has 3 N–H and O–H groups in total. The molecular formula is C20H28N3O8+. The van der Waals surface area contributed by atoms with Gasteiger partial charge in [-0.05, 0) is 12.8 Å². The smallest absolute Gasteiger partial charge is 0.378 e. The van der Waals surface area contributed by atoms with Crippen molar-refractivity contribution >= 4 is 23.8 Å². The fourth-order valence-electron chi connectivity index (χ4n) is 6.66. The van der Waals surface area contributed by atoms with Crippen LogP contribution in [0.1, 0.15) is 57.8 Å². The number of hydrogen-bond acceptors (Lipinski definition) is 6. The van der Waals surface area contributed by atoms with Crippen molar-refractivity contribution in [2.24, 2.45) is 17.8 Å². The van der Waals surface area contributed by atoms with Crippen LogP contribution in [0, 0.1) is 27.9 Å². The minimum absolute atomic E-state index is 0.113. The van der Waals surface area contributed by atoms with E-state index in [-0.39, 0.29) is 29.7 Å². The van der Waals surface area contributed by atoms with Gasteiger partial charge in [0.15, 0.2) is 6.17 Å². The molecule has 7 atom stereocenters. The molecule has 11 heteroatoms. The van der Waals surface area contributed by atoms with Crippen molar-refractivity contribution in [1.82, 2.24) is 5.32 Å². The Morgan fingerprint density at radius 1 is 1.03 bits per heavy atom. The van der Waals surface area contributed by atoms with E-state index in [0.717, 1.165) is 12.8 Å². The molecular weight excluding hydrogens is 410 g/mol. The van der Waals surface area contributed by atoms with E-state index >= 15 is 0 Å². The number of nitrogens with zero attached hydrogens (tertiary/aromatic N) is 2. The lowest BCUT2D eigenvalue weighted by Crippen LogP contribution is -2.56. The van der Waals surface area contributed by atoms with Gasteiger partial charge < -0.3 is 15.5 Å². The van der Waals surface area contributed by atoms with Crippen molar-refractivity contribution in [2.75, 3.05) is 6.54 Å². The highest BCUT2D eigenvalue weighted by Gasteiger charge is 2.89. The van der Waals surface area contributed by atoms with Gasteiger partial charge in [-0.15, -0.1) is 0 Å². The van der Waals surface area contributed by atoms with Crippen LogP contribution >= 0.6 is 0 Å². The highest BCUT2D eigenvalue weighted by molar-refractivity contribution is 5.98. The molecule has 0 aromatic rings. The van der Waals surface area contributed by atoms with E-state index in [1.54, 1.807) is 0 Å². The summed E-state index contributed by atoms with van der Waals surface area (Å²) in [6.07, 6.45) is 2.98. The molecule has 0 bridgehead atoms. The first-order valence-electron chi connectivity index (χ1n) is 11.0. The largest absolute Gasteiger partial charge is 0.481 e. The van der Waals surface area contributed by atoms with Crippen molar-refractivity contribution in [3.63, 3.8) is 0 Å². The van der Waals surface area contributed by atoms with Crippen LogP contribution < -0.4 is 5.32 Å². The second-order valence-corrected chi connectivity index (χ2v) is 9.43. The van der Waals surface area contributed by atoms with E-state index in [0.29, 0.717) is 32.2 Å². The van der Waals surface area contributed by atoms with E-state index in [1.165, 1.54) is 0 Å². The Morgan fingerprint density at radius 2 is 1.71 bits per heavy atom. The normalized spacial score (nSPS) is 41.8. The summed E-state index contributed by atoms with van der Waals surface area (Å²) in [5.41, 5.74) is -1.23. The number of aliphatic carboxylic acids is 2. The van der Waals surface area contributed by atoms with Crippen LogP contribution in [-0.4, -0.2) is 67.7 Å². The number of nitrogens with one attached hydrogen (secondary N) is 1. The average molecular weight is 438 g/mol. The van der Waals surface area contributed by atoms with Gasteiger partial charge in [0.1, 0.15) is 5.92 Å². The first-order chi connectivity index (χ1) is 14.7. The summed E-state index contributed by atoms with van der Waals surface area (Å²) in [4.78, 5) is 60.6. The van der Waals surface area contributed by atoms with Crippen molar-refractivity contribution in [1.29, 1.82) is 0 Å². The predicted molar refractivity (Wildman–Crippen MR) is 103 cm³/mol. The molecule has 4 aliphatic rings. The second-order valence-electron chi connectivity index (χ2n) is 9.43. The predicted octanol–water partition coefficient (Wildman–Crippen LogP) is 0.739. The third-order valence-electron chi connectivity index (χ3n) is 8.18. The number of nitro groups is 1. The number of amides is 2. The molecule has 2 aliphatic heterocycles. The molecule has 170 valence electrons. The zero-order valence-corrected chi connectivity index (χ0v) is 17.2. The molecule has 4 rings (SSSR count). The van der Waals surface area contributed by atoms with Crippen LogP contribution in [0.3, 0.4) is 0 Å². The van der Waals surface area contributed by atoms with Gasteiger partial charge in [0.25, 0.3) is 0 Å². The Bertz CT molecular complexity index is 846. The maximum atomic E-state index is 13.2. The molecule has 2 heterocycles. The van der Waals surface area contributed by atoms with E-state index < -0.39 is 58.3 Å². The number of quaternary nitrogens is 1. The van der Waals surface area contributed by atoms with Gasteiger partial charge in [-0.3, -0.25) is 24.5 Å². The van der Waals surface area contributed by atoms with Crippen LogP contribution in [0.5, 0.6) is 0 Å². The minimum Gasteiger partial charge on any atom is -0.481 e. The number of carbonyl (C=O) groups is 4. The summed E-state index contributed by atoms with van der Waals surface area (Å²) in [5, 5.41) is 33.4. The number of carboxylic acid groups (broad SMARTS) is 2. The molecule has 2 saturated carbocycles. The van der Waals surface area contributed by atoms with Crippen LogP contribution in [0.25, 0.3) is 0 Å². The van der Waals surface area contributed by atoms with Crippen molar-refractivity contribution < 1.29 is 38.8 Å². The lowest BCUT2D eigenvalue weighted by Gasteiger charge is -2.33. The van der Waals surface area contributed by atoms with Gasteiger partial charge in [0, 0.05) is 37.0 Å². The lowest BCUT2D eigenvalue weighted by molar-refractivity contribution is -0.817. The van der Waals surface area contributed by atoms with Gasteiger partial charge in [-0.25, -0.2) is 9.28 Å². The van der Waals surface area contributed by atoms with Gasteiger partial charge in [-0.1, -0.05) is 12.8 Å². The summed E-state index contributed by atoms with van der Waals surface area (Å²) in [6, 6.07) is -0.991. The molecule has 0 radical (unpaired) electrons. The molecule has 2 amide bonds. The van der Waals surface area contributed by atoms with Crippen molar-refractivity contribution in [3.8, 4) is 0 Å². The zero-order valence-electron chi connectivity index (χ0n) is 17.2. The highest BCUT2D eigenvalue weighted by Crippen LogP contribution is 2.61. The van der Waals surface area contributed by atoms with Crippen LogP contribution in [-0.2, 0) is 19.2 Å². The molecule has 4 fully saturated rings. The topological polar surface area (TPSA) is 164 Å². The van der Waals surface area contributed by atoms with E-state index in [1.807, 2.05) is 0 Å². The SMILES string of the molecule is O=C(O)C1CCCCC1C(=O)NC1CCC[N+]12C(=O)C21CCC([N+](=O)[O-])CC1C(=O)O. The Balaban J connectivity index is 1.57. The zero-order chi connectivity index (χ0) is 22.6. The summed E-state index contributed by atoms with van der Waals surface area (Å²) < 4.78 is -0.162. The fourth-order valence-corrected chi connectivity index (χ4v) is 6.66. The first-order valence-corrected chi connectivity index (χ1v) is 11.0. The van der Waals surface area contributed by atoms with E-state index in [9.17, 15) is 39.5 Å². The standard InChI is InChI=1S/C20H27N3O8/c24-16(12-4-1-2-5-13(12)17(25)26)21-15-6-3-9-23(15)19(29)20(23)8-7-11(22(30)31)10-14(20)18(27)28/h11-15H,1-10H2,(H2-,21,24,25,26,27,28)/p+1. The summed E-state index contributed by atoms with van der Waals surface area (Å²) in [6.45, 7) is 0.393. The molecule has 2 saturated heterocycles. The Morgan fingerprint density at radius 3 is 2.32 bits per heavy atom. The molecule has 0 aromatic carbocycles. The lowest BCUT2D eigenvalue weighted by atomic mass is 9.75. The summed E-state index contributed by atoms with van der Waals surface area (Å²) in [7, 11) is 0. The van der Waals surface area contributed by atoms with Gasteiger partial charge in [0.2, 0.25) is 17.5 Å². The molecule has 2 aliphatic carbocycles. The molecule has 7 unspecified atom stereocenters. The Hall–Kier alpha value is -2.56. The van der Waals surface area contributed by atoms with E-state index in [4.69, 9.17) is 0 Å². The monoisotopic (exact) mass is 438 g/mol. The number of carbonyl (C=O) groups excluding carboxylic acids is 2. The number of fused-ring (bicyclic) bond motifs is 1. The number of carboxylic acids is 2. The minimum atomic E-state index is -1.23. The maximum absolute atomic E-state index is 13.2. The van der Waals surface area contributed by atoms with Crippen LogP contribution in [0.2, 0.25) is 0 Å². The van der Waals surface area contributed by atoms with E-state index in [2.05, 4.69) is 5.32 Å². The molecule has 11 nitrogen and oxygen atoms in total. The first kappa shape index (κ1) is 21.7. The summed E-state index contributed by atoms with van der Waals surface area (Å²) >= 11 is 0. The summed E-state index contributed by atoms with van der Waals surface area (Å²) in [5.74, 6) is -5.46. The van der Waals surface area contributed by atoms with Gasteiger partial charge >= 0.3 is 17.8 Å². The van der Waals surface area contributed by atoms with Crippen LogP contribution in [0.15, 0.2) is 0 Å². The average Bonchev–Trinajstić information content (AvgIpc) is 3.02. The quantitative estimate of drug-likeness (QED) is 0.245.